The van der Waals surface area contributed by atoms with Gasteiger partial charge >= 0.3 is 0 Å². The van der Waals surface area contributed by atoms with Gasteiger partial charge in [-0.1, -0.05) is 49.5 Å². The van der Waals surface area contributed by atoms with Gasteiger partial charge in [-0.15, -0.1) is 0 Å². The molecule has 0 aliphatic heterocycles. The first kappa shape index (κ1) is 16.8. The molecule has 2 aromatic rings. The van der Waals surface area contributed by atoms with Crippen LogP contribution in [0.4, 0.5) is 0 Å². The van der Waals surface area contributed by atoms with Crippen molar-refractivity contribution in [2.24, 2.45) is 0 Å². The molecule has 1 N–H and O–H groups in total. The van der Waals surface area contributed by atoms with Gasteiger partial charge in [0.05, 0.1) is 27.5 Å². The van der Waals surface area contributed by atoms with Crippen molar-refractivity contribution in [3.05, 3.63) is 51.0 Å². The van der Waals surface area contributed by atoms with Crippen LogP contribution < -0.4 is 0 Å². The zero-order valence-electron chi connectivity index (χ0n) is 13.5. The Morgan fingerprint density at radius 3 is 2.74 bits per heavy atom. The van der Waals surface area contributed by atoms with E-state index in [2.05, 4.69) is 18.4 Å². The van der Waals surface area contributed by atoms with E-state index < -0.39 is 6.10 Å². The number of aryl methyl sites for hydroxylation is 1. The number of halogens is 2. The minimum Gasteiger partial charge on any atom is -0.387 e. The van der Waals surface area contributed by atoms with Crippen LogP contribution in [0.5, 0.6) is 0 Å². The van der Waals surface area contributed by atoms with Crippen LogP contribution >= 0.6 is 23.2 Å². The summed E-state index contributed by atoms with van der Waals surface area (Å²) >= 11 is 12.2. The quantitative estimate of drug-likeness (QED) is 0.778. The number of aromatic nitrogens is 2. The summed E-state index contributed by atoms with van der Waals surface area (Å²) in [5.41, 5.74) is 3.11. The molecular formula is C18H22Cl2N2O. The number of imidazole rings is 1. The van der Waals surface area contributed by atoms with Gasteiger partial charge in [0, 0.05) is 12.5 Å². The maximum atomic E-state index is 10.6. The lowest BCUT2D eigenvalue weighted by molar-refractivity contribution is 0.157. The standard InChI is InChI=1S/C18H22Cl2N2O/c1-11(2)18-21-15-5-3-4-6-16(23)17(15)22(18)10-12-7-8-13(19)14(20)9-12/h7-9,11,16,23H,3-6,10H2,1-2H3. The van der Waals surface area contributed by atoms with Crippen LogP contribution in [0.25, 0.3) is 0 Å². The SMILES string of the molecule is CC(C)c1nc2c(n1Cc1ccc(Cl)c(Cl)c1)C(O)CCCC2. The Hall–Kier alpha value is -1.03. The minimum absolute atomic E-state index is 0.303. The van der Waals surface area contributed by atoms with Gasteiger partial charge < -0.3 is 9.67 Å². The average Bonchev–Trinajstić information content (AvgIpc) is 2.75. The first-order chi connectivity index (χ1) is 11.0. The predicted octanol–water partition coefficient (Wildman–Crippen LogP) is 5.12. The van der Waals surface area contributed by atoms with Gasteiger partial charge in [0.15, 0.2) is 0 Å². The first-order valence-electron chi connectivity index (χ1n) is 8.18. The van der Waals surface area contributed by atoms with Crippen LogP contribution in [0.2, 0.25) is 10.0 Å². The summed E-state index contributed by atoms with van der Waals surface area (Å²) in [6, 6.07) is 5.69. The number of hydrogen-bond acceptors (Lipinski definition) is 2. The Morgan fingerprint density at radius 1 is 1.26 bits per heavy atom. The van der Waals surface area contributed by atoms with Crippen molar-refractivity contribution in [3.63, 3.8) is 0 Å². The molecule has 1 aromatic heterocycles. The third kappa shape index (κ3) is 3.42. The maximum absolute atomic E-state index is 10.6. The van der Waals surface area contributed by atoms with Crippen molar-refractivity contribution in [1.82, 2.24) is 9.55 Å². The molecule has 1 heterocycles. The van der Waals surface area contributed by atoms with Gasteiger partial charge in [-0.3, -0.25) is 0 Å². The lowest BCUT2D eigenvalue weighted by Gasteiger charge is -2.17. The fraction of sp³-hybridized carbons (Fsp3) is 0.500. The van der Waals surface area contributed by atoms with E-state index in [4.69, 9.17) is 28.2 Å². The van der Waals surface area contributed by atoms with Gasteiger partial charge in [-0.05, 0) is 37.0 Å². The normalized spacial score (nSPS) is 18.1. The fourth-order valence-electron chi connectivity index (χ4n) is 3.29. The van der Waals surface area contributed by atoms with E-state index in [0.29, 0.717) is 22.5 Å². The predicted molar refractivity (Wildman–Crippen MR) is 94.4 cm³/mol. The van der Waals surface area contributed by atoms with Gasteiger partial charge in [0.2, 0.25) is 0 Å². The lowest BCUT2D eigenvalue weighted by Crippen LogP contribution is -2.13. The molecule has 1 aliphatic rings. The molecule has 0 saturated carbocycles. The van der Waals surface area contributed by atoms with Crippen LogP contribution in [0.1, 0.15) is 67.9 Å². The second kappa shape index (κ2) is 6.84. The summed E-state index contributed by atoms with van der Waals surface area (Å²) in [6.45, 7) is 4.93. The number of aliphatic hydroxyl groups excluding tert-OH is 1. The Bertz CT molecular complexity index is 709. The molecule has 0 bridgehead atoms. The van der Waals surface area contributed by atoms with Crippen molar-refractivity contribution in [1.29, 1.82) is 0 Å². The van der Waals surface area contributed by atoms with Gasteiger partial charge in [-0.25, -0.2) is 4.98 Å². The molecule has 1 unspecified atom stereocenters. The summed E-state index contributed by atoms with van der Waals surface area (Å²) in [5.74, 6) is 1.33. The van der Waals surface area contributed by atoms with E-state index in [9.17, 15) is 5.11 Å². The number of rotatable bonds is 3. The van der Waals surface area contributed by atoms with Crippen LogP contribution in [0.3, 0.4) is 0 Å². The molecule has 5 heteroatoms. The number of fused-ring (bicyclic) bond motifs is 1. The summed E-state index contributed by atoms with van der Waals surface area (Å²) in [4.78, 5) is 4.84. The molecule has 0 spiro atoms. The zero-order valence-corrected chi connectivity index (χ0v) is 15.0. The molecule has 3 rings (SSSR count). The molecular weight excluding hydrogens is 331 g/mol. The van der Waals surface area contributed by atoms with Crippen LogP contribution in [0, 0.1) is 0 Å². The molecule has 1 aromatic carbocycles. The van der Waals surface area contributed by atoms with Crippen LogP contribution in [-0.4, -0.2) is 14.7 Å². The Kier molecular flexibility index (Phi) is 5.00. The molecule has 124 valence electrons. The lowest BCUT2D eigenvalue weighted by atomic mass is 10.1. The summed E-state index contributed by atoms with van der Waals surface area (Å²) < 4.78 is 2.18. The average molecular weight is 353 g/mol. The van der Waals surface area contributed by atoms with Crippen molar-refractivity contribution in [3.8, 4) is 0 Å². The van der Waals surface area contributed by atoms with Gasteiger partial charge in [0.25, 0.3) is 0 Å². The Labute approximate surface area is 147 Å². The van der Waals surface area contributed by atoms with E-state index in [1.807, 2.05) is 18.2 Å². The highest BCUT2D eigenvalue weighted by Crippen LogP contribution is 2.32. The van der Waals surface area contributed by atoms with Crippen molar-refractivity contribution in [2.45, 2.75) is 58.1 Å². The van der Waals surface area contributed by atoms with Crippen molar-refractivity contribution in [2.75, 3.05) is 0 Å². The summed E-state index contributed by atoms with van der Waals surface area (Å²) in [6.07, 6.45) is 3.44. The van der Waals surface area contributed by atoms with Crippen molar-refractivity contribution >= 4 is 23.2 Å². The Morgan fingerprint density at radius 2 is 2.04 bits per heavy atom. The monoisotopic (exact) mass is 352 g/mol. The van der Waals surface area contributed by atoms with Gasteiger partial charge in [0.1, 0.15) is 5.82 Å². The minimum atomic E-state index is -0.435. The Balaban J connectivity index is 2.05. The van der Waals surface area contributed by atoms with E-state index in [1.165, 1.54) is 0 Å². The molecule has 3 nitrogen and oxygen atoms in total. The van der Waals surface area contributed by atoms with E-state index >= 15 is 0 Å². The van der Waals surface area contributed by atoms with Crippen LogP contribution in [0.15, 0.2) is 18.2 Å². The first-order valence-corrected chi connectivity index (χ1v) is 8.94. The second-order valence-corrected chi connectivity index (χ2v) is 7.37. The topological polar surface area (TPSA) is 38.0 Å². The summed E-state index contributed by atoms with van der Waals surface area (Å²) in [5, 5.41) is 11.7. The number of nitrogens with zero attached hydrogens (tertiary/aromatic N) is 2. The third-order valence-corrected chi connectivity index (χ3v) is 5.15. The number of benzene rings is 1. The number of hydrogen-bond donors (Lipinski definition) is 1. The molecule has 1 atom stereocenters. The smallest absolute Gasteiger partial charge is 0.112 e. The van der Waals surface area contributed by atoms with E-state index in [-0.39, 0.29) is 0 Å². The van der Waals surface area contributed by atoms with Crippen LogP contribution in [-0.2, 0) is 13.0 Å². The molecule has 0 saturated heterocycles. The molecule has 0 radical (unpaired) electrons. The third-order valence-electron chi connectivity index (χ3n) is 4.41. The molecule has 23 heavy (non-hydrogen) atoms. The highest BCUT2D eigenvalue weighted by molar-refractivity contribution is 6.42. The summed E-state index contributed by atoms with van der Waals surface area (Å²) in [7, 11) is 0. The number of aliphatic hydroxyl groups is 1. The molecule has 0 amide bonds. The molecule has 1 aliphatic carbocycles. The zero-order chi connectivity index (χ0) is 16.6. The van der Waals surface area contributed by atoms with Gasteiger partial charge in [-0.2, -0.15) is 0 Å². The highest BCUT2D eigenvalue weighted by Gasteiger charge is 2.26. The van der Waals surface area contributed by atoms with E-state index in [1.54, 1.807) is 0 Å². The van der Waals surface area contributed by atoms with Crippen molar-refractivity contribution < 1.29 is 5.11 Å². The largest absolute Gasteiger partial charge is 0.387 e. The molecule has 0 fully saturated rings. The van der Waals surface area contributed by atoms with E-state index in [0.717, 1.165) is 48.5 Å². The second-order valence-electron chi connectivity index (χ2n) is 6.55. The highest BCUT2D eigenvalue weighted by atomic mass is 35.5. The maximum Gasteiger partial charge on any atom is 0.112 e. The fourth-order valence-corrected chi connectivity index (χ4v) is 3.61.